The molecular weight excluding hydrogens is 424 g/mol. The van der Waals surface area contributed by atoms with Gasteiger partial charge >= 0.3 is 0 Å². The number of hydrogen-bond acceptors (Lipinski definition) is 4. The highest BCUT2D eigenvalue weighted by Gasteiger charge is 2.41. The van der Waals surface area contributed by atoms with Crippen LogP contribution >= 0.6 is 0 Å². The minimum atomic E-state index is -0.390. The molecular formula is C25H25F2N5O. The summed E-state index contributed by atoms with van der Waals surface area (Å²) in [4.78, 5) is 21.2. The minimum absolute atomic E-state index is 0.0868. The van der Waals surface area contributed by atoms with Crippen molar-refractivity contribution in [3.8, 4) is 12.3 Å². The number of amides is 1. The van der Waals surface area contributed by atoms with E-state index in [9.17, 15) is 13.6 Å². The summed E-state index contributed by atoms with van der Waals surface area (Å²) < 4.78 is 29.7. The summed E-state index contributed by atoms with van der Waals surface area (Å²) >= 11 is 0. The van der Waals surface area contributed by atoms with E-state index in [0.29, 0.717) is 43.9 Å². The van der Waals surface area contributed by atoms with Gasteiger partial charge in [0.2, 0.25) is 5.91 Å². The van der Waals surface area contributed by atoms with Crippen LogP contribution in [0.25, 0.3) is 5.65 Å². The number of piperazine rings is 1. The first-order valence-electron chi connectivity index (χ1n) is 11.2. The largest absolute Gasteiger partial charge is 0.362 e. The van der Waals surface area contributed by atoms with Crippen LogP contribution in [0.2, 0.25) is 0 Å². The van der Waals surface area contributed by atoms with Crippen molar-refractivity contribution in [2.45, 2.75) is 37.9 Å². The van der Waals surface area contributed by atoms with Gasteiger partial charge in [0.25, 0.3) is 0 Å². The van der Waals surface area contributed by atoms with Crippen molar-refractivity contribution >= 4 is 17.2 Å². The predicted octanol–water partition coefficient (Wildman–Crippen LogP) is 2.95. The average molecular weight is 450 g/mol. The number of nitrogens with one attached hydrogen (secondary N) is 1. The standard InChI is InChI=1S/C25H25F2N5O/c1-2-17-13-18(5-6-21(17)26)32-19-3-4-20(32)16-30(15-19)25(33)9-10-28-14-23-22(27)7-8-24-29-11-12-31(23)24/h1,5-8,11-13,19-20,28H,3-4,9-10,14-16H2. The highest BCUT2D eigenvalue weighted by molar-refractivity contribution is 5.77. The lowest BCUT2D eigenvalue weighted by molar-refractivity contribution is -0.132. The van der Waals surface area contributed by atoms with E-state index >= 15 is 0 Å². The molecule has 1 aromatic carbocycles. The molecule has 2 bridgehead atoms. The first-order valence-corrected chi connectivity index (χ1v) is 11.2. The molecule has 3 aromatic rings. The monoisotopic (exact) mass is 449 g/mol. The van der Waals surface area contributed by atoms with E-state index in [1.165, 1.54) is 12.1 Å². The third-order valence-electron chi connectivity index (χ3n) is 6.66. The summed E-state index contributed by atoms with van der Waals surface area (Å²) in [6, 6.07) is 8.35. The quantitative estimate of drug-likeness (QED) is 0.465. The lowest BCUT2D eigenvalue weighted by Gasteiger charge is -2.42. The maximum absolute atomic E-state index is 14.2. The summed E-state index contributed by atoms with van der Waals surface area (Å²) in [7, 11) is 0. The van der Waals surface area contributed by atoms with Crippen LogP contribution in [-0.2, 0) is 11.3 Å². The van der Waals surface area contributed by atoms with Crippen molar-refractivity contribution in [1.82, 2.24) is 19.6 Å². The normalized spacial score (nSPS) is 19.8. The molecule has 1 N–H and O–H groups in total. The second kappa shape index (κ2) is 8.83. The van der Waals surface area contributed by atoms with E-state index < -0.39 is 0 Å². The zero-order valence-corrected chi connectivity index (χ0v) is 18.2. The lowest BCUT2D eigenvalue weighted by Crippen LogP contribution is -2.55. The van der Waals surface area contributed by atoms with Crippen LogP contribution in [0.3, 0.4) is 0 Å². The van der Waals surface area contributed by atoms with Gasteiger partial charge in [0, 0.05) is 62.8 Å². The topological polar surface area (TPSA) is 52.9 Å². The van der Waals surface area contributed by atoms with E-state index in [0.717, 1.165) is 18.5 Å². The lowest BCUT2D eigenvalue weighted by atomic mass is 10.1. The Balaban J connectivity index is 1.17. The molecule has 2 aliphatic heterocycles. The Kier molecular flexibility index (Phi) is 5.73. The van der Waals surface area contributed by atoms with Gasteiger partial charge in [0.1, 0.15) is 17.3 Å². The molecule has 2 aliphatic rings. The second-order valence-corrected chi connectivity index (χ2v) is 8.61. The number of pyridine rings is 1. The molecule has 2 unspecified atom stereocenters. The van der Waals surface area contributed by atoms with Crippen LogP contribution in [0.4, 0.5) is 14.5 Å². The Bertz CT molecular complexity index is 1220. The molecule has 5 rings (SSSR count). The number of carbonyl (C=O) groups is 1. The molecule has 1 amide bonds. The molecule has 2 atom stereocenters. The molecule has 0 saturated carbocycles. The smallest absolute Gasteiger partial charge is 0.223 e. The summed E-state index contributed by atoms with van der Waals surface area (Å²) in [5.41, 5.74) is 2.36. The molecule has 170 valence electrons. The third kappa shape index (κ3) is 4.05. The first kappa shape index (κ1) is 21.4. The van der Waals surface area contributed by atoms with E-state index in [4.69, 9.17) is 6.42 Å². The summed E-state index contributed by atoms with van der Waals surface area (Å²) in [6.45, 7) is 2.05. The number of nitrogens with zero attached hydrogens (tertiary/aromatic N) is 4. The highest BCUT2D eigenvalue weighted by atomic mass is 19.1. The molecule has 2 aromatic heterocycles. The Morgan fingerprint density at radius 3 is 2.67 bits per heavy atom. The number of carbonyl (C=O) groups excluding carboxylic acids is 1. The molecule has 0 spiro atoms. The zero-order chi connectivity index (χ0) is 22.9. The number of anilines is 1. The number of likely N-dealkylation sites (tertiary alicyclic amines) is 1. The summed E-state index contributed by atoms with van der Waals surface area (Å²) in [6.07, 6.45) is 11.1. The minimum Gasteiger partial charge on any atom is -0.362 e. The predicted molar refractivity (Wildman–Crippen MR) is 122 cm³/mol. The number of imidazole rings is 1. The van der Waals surface area contributed by atoms with Crippen molar-refractivity contribution in [3.63, 3.8) is 0 Å². The Labute approximate surface area is 191 Å². The first-order chi connectivity index (χ1) is 16.0. The number of aromatic nitrogens is 2. The number of rotatable bonds is 6. The van der Waals surface area contributed by atoms with Gasteiger partial charge in [0.05, 0.1) is 11.3 Å². The Hall–Kier alpha value is -3.44. The van der Waals surface area contributed by atoms with Crippen molar-refractivity contribution < 1.29 is 13.6 Å². The van der Waals surface area contributed by atoms with Crippen LogP contribution in [-0.4, -0.2) is 51.9 Å². The molecule has 0 aliphatic carbocycles. The fourth-order valence-electron chi connectivity index (χ4n) is 5.07. The van der Waals surface area contributed by atoms with Gasteiger partial charge in [-0.1, -0.05) is 5.92 Å². The van der Waals surface area contributed by atoms with Crippen molar-refractivity contribution in [1.29, 1.82) is 0 Å². The van der Waals surface area contributed by atoms with E-state index in [1.807, 2.05) is 4.90 Å². The molecule has 33 heavy (non-hydrogen) atoms. The van der Waals surface area contributed by atoms with Gasteiger partial charge in [-0.2, -0.15) is 0 Å². The van der Waals surface area contributed by atoms with Crippen LogP contribution in [0.5, 0.6) is 0 Å². The number of fused-ring (bicyclic) bond motifs is 3. The van der Waals surface area contributed by atoms with E-state index in [2.05, 4.69) is 21.1 Å². The van der Waals surface area contributed by atoms with Gasteiger partial charge < -0.3 is 15.1 Å². The van der Waals surface area contributed by atoms with Crippen molar-refractivity contribution in [3.05, 3.63) is 65.6 Å². The number of hydrogen-bond donors (Lipinski definition) is 1. The molecule has 2 saturated heterocycles. The zero-order valence-electron chi connectivity index (χ0n) is 18.2. The second-order valence-electron chi connectivity index (χ2n) is 8.61. The van der Waals surface area contributed by atoms with Gasteiger partial charge in [-0.05, 0) is 43.2 Å². The van der Waals surface area contributed by atoms with Gasteiger partial charge in [-0.3, -0.25) is 9.20 Å². The fourth-order valence-corrected chi connectivity index (χ4v) is 5.07. The molecule has 0 radical (unpaired) electrons. The summed E-state index contributed by atoms with van der Waals surface area (Å²) in [5, 5.41) is 3.18. The maximum atomic E-state index is 14.2. The Morgan fingerprint density at radius 1 is 1.15 bits per heavy atom. The van der Waals surface area contributed by atoms with E-state index in [-0.39, 0.29) is 35.2 Å². The average Bonchev–Trinajstić information content (AvgIpc) is 3.39. The SMILES string of the molecule is C#Cc1cc(N2C3CCC2CN(C(=O)CCNCc2c(F)ccc4nccn24)C3)ccc1F. The van der Waals surface area contributed by atoms with Gasteiger partial charge in [0.15, 0.2) is 0 Å². The Morgan fingerprint density at radius 2 is 1.91 bits per heavy atom. The molecule has 2 fully saturated rings. The fraction of sp³-hybridized carbons (Fsp3) is 0.360. The number of terminal acetylenes is 1. The van der Waals surface area contributed by atoms with Crippen LogP contribution in [0.15, 0.2) is 42.7 Å². The van der Waals surface area contributed by atoms with Crippen LogP contribution in [0.1, 0.15) is 30.5 Å². The van der Waals surface area contributed by atoms with Crippen molar-refractivity contribution in [2.24, 2.45) is 0 Å². The van der Waals surface area contributed by atoms with Gasteiger partial charge in [-0.15, -0.1) is 6.42 Å². The van der Waals surface area contributed by atoms with Crippen LogP contribution < -0.4 is 10.2 Å². The number of benzene rings is 1. The van der Waals surface area contributed by atoms with Crippen LogP contribution in [0, 0.1) is 24.0 Å². The summed E-state index contributed by atoms with van der Waals surface area (Å²) in [5.74, 6) is 1.79. The van der Waals surface area contributed by atoms with E-state index in [1.54, 1.807) is 35.0 Å². The maximum Gasteiger partial charge on any atom is 0.223 e. The third-order valence-corrected chi connectivity index (χ3v) is 6.66. The molecule has 8 heteroatoms. The van der Waals surface area contributed by atoms with Gasteiger partial charge in [-0.25, -0.2) is 13.8 Å². The number of halogens is 2. The highest BCUT2D eigenvalue weighted by Crippen LogP contribution is 2.35. The van der Waals surface area contributed by atoms with Crippen molar-refractivity contribution in [2.75, 3.05) is 24.5 Å². The molecule has 6 nitrogen and oxygen atoms in total. The molecule has 4 heterocycles.